The van der Waals surface area contributed by atoms with Crippen LogP contribution in [0.4, 0.5) is 5.69 Å². The maximum atomic E-state index is 12.1. The topological polar surface area (TPSA) is 73.2 Å². The number of fused-ring (bicyclic) bond motifs is 1. The quantitative estimate of drug-likeness (QED) is 0.717. The molecule has 134 valence electrons. The lowest BCUT2D eigenvalue weighted by Crippen LogP contribution is -2.22. The molecule has 0 spiro atoms. The molecule has 0 aliphatic heterocycles. The second-order valence-electron chi connectivity index (χ2n) is 6.19. The number of aryl methyl sites for hydroxylation is 2. The van der Waals surface area contributed by atoms with Gasteiger partial charge in [0.2, 0.25) is 0 Å². The summed E-state index contributed by atoms with van der Waals surface area (Å²) in [6.07, 6.45) is 0.125. The van der Waals surface area contributed by atoms with Crippen molar-refractivity contribution in [2.75, 3.05) is 11.9 Å². The van der Waals surface area contributed by atoms with Gasteiger partial charge in [-0.15, -0.1) is 0 Å². The first-order chi connectivity index (χ1) is 12.5. The number of aromatic nitrogens is 2. The number of hydrogen-bond acceptors (Lipinski definition) is 4. The number of nitrogens with one attached hydrogen (secondary N) is 1. The van der Waals surface area contributed by atoms with Crippen molar-refractivity contribution in [3.8, 4) is 0 Å². The smallest absolute Gasteiger partial charge is 0.310 e. The highest BCUT2D eigenvalue weighted by Gasteiger charge is 2.14. The van der Waals surface area contributed by atoms with E-state index < -0.39 is 5.97 Å². The van der Waals surface area contributed by atoms with E-state index in [2.05, 4.69) is 10.4 Å². The third-order valence-corrected chi connectivity index (χ3v) is 4.35. The molecule has 3 rings (SSSR count). The van der Waals surface area contributed by atoms with E-state index in [0.717, 1.165) is 27.7 Å². The first-order valence-corrected chi connectivity index (χ1v) is 8.38. The van der Waals surface area contributed by atoms with Crippen LogP contribution in [0.5, 0.6) is 0 Å². The summed E-state index contributed by atoms with van der Waals surface area (Å²) in [6.45, 7) is 3.36. The van der Waals surface area contributed by atoms with Crippen LogP contribution in [0.1, 0.15) is 17.0 Å². The Bertz CT molecular complexity index is 970. The maximum Gasteiger partial charge on any atom is 0.310 e. The molecule has 26 heavy (non-hydrogen) atoms. The van der Waals surface area contributed by atoms with Crippen molar-refractivity contribution in [2.45, 2.75) is 20.3 Å². The molecule has 0 radical (unpaired) electrons. The van der Waals surface area contributed by atoms with Crippen LogP contribution in [0.25, 0.3) is 10.8 Å². The van der Waals surface area contributed by atoms with Gasteiger partial charge in [-0.05, 0) is 30.2 Å². The minimum absolute atomic E-state index is 0.125. The van der Waals surface area contributed by atoms with E-state index in [1.807, 2.05) is 63.4 Å². The molecule has 0 atom stereocenters. The number of amides is 1. The first kappa shape index (κ1) is 17.7. The molecule has 1 amide bonds. The second-order valence-corrected chi connectivity index (χ2v) is 6.19. The molecule has 2 aromatic carbocycles. The Kier molecular flexibility index (Phi) is 5.02. The lowest BCUT2D eigenvalue weighted by atomic mass is 10.0. The van der Waals surface area contributed by atoms with Crippen molar-refractivity contribution in [1.29, 1.82) is 0 Å². The number of esters is 1. The van der Waals surface area contributed by atoms with Gasteiger partial charge in [0.15, 0.2) is 6.61 Å². The molecule has 1 aromatic heterocycles. The van der Waals surface area contributed by atoms with Gasteiger partial charge in [-0.25, -0.2) is 0 Å². The maximum absolute atomic E-state index is 12.1. The summed E-state index contributed by atoms with van der Waals surface area (Å²) in [6, 6.07) is 13.7. The molecule has 1 heterocycles. The molecule has 0 aliphatic rings. The summed E-state index contributed by atoms with van der Waals surface area (Å²) >= 11 is 0. The van der Waals surface area contributed by atoms with Crippen molar-refractivity contribution in [3.63, 3.8) is 0 Å². The number of nitrogens with zero attached hydrogens (tertiary/aromatic N) is 2. The molecular formula is C20H21N3O3. The van der Waals surface area contributed by atoms with Crippen LogP contribution in [0, 0.1) is 13.8 Å². The number of carbonyl (C=O) groups excluding carboxylic acids is 2. The number of rotatable bonds is 5. The van der Waals surface area contributed by atoms with E-state index in [-0.39, 0.29) is 18.9 Å². The van der Waals surface area contributed by atoms with Gasteiger partial charge in [0.05, 0.1) is 23.5 Å². The van der Waals surface area contributed by atoms with Crippen LogP contribution >= 0.6 is 0 Å². The highest BCUT2D eigenvalue weighted by Crippen LogP contribution is 2.20. The van der Waals surface area contributed by atoms with Gasteiger partial charge in [0.1, 0.15) is 0 Å². The largest absolute Gasteiger partial charge is 0.455 e. The molecule has 3 aromatic rings. The van der Waals surface area contributed by atoms with Crippen molar-refractivity contribution >= 4 is 28.3 Å². The van der Waals surface area contributed by atoms with Gasteiger partial charge in [0.25, 0.3) is 5.91 Å². The van der Waals surface area contributed by atoms with Crippen LogP contribution in [0.2, 0.25) is 0 Å². The number of anilines is 1. The average Bonchev–Trinajstić information content (AvgIpc) is 2.86. The summed E-state index contributed by atoms with van der Waals surface area (Å²) in [7, 11) is 1.81. The fourth-order valence-electron chi connectivity index (χ4n) is 2.93. The van der Waals surface area contributed by atoms with E-state index in [9.17, 15) is 9.59 Å². The fraction of sp³-hybridized carbons (Fsp3) is 0.250. The second kappa shape index (κ2) is 7.39. The highest BCUT2D eigenvalue weighted by molar-refractivity contribution is 5.94. The lowest BCUT2D eigenvalue weighted by Gasteiger charge is -2.08. The molecule has 1 N–H and O–H groups in total. The van der Waals surface area contributed by atoms with Crippen molar-refractivity contribution in [1.82, 2.24) is 9.78 Å². The Morgan fingerprint density at radius 1 is 1.12 bits per heavy atom. The van der Waals surface area contributed by atoms with Gasteiger partial charge in [-0.2, -0.15) is 5.10 Å². The Hall–Kier alpha value is -3.15. The molecule has 6 nitrogen and oxygen atoms in total. The van der Waals surface area contributed by atoms with Crippen molar-refractivity contribution in [2.24, 2.45) is 7.05 Å². The third kappa shape index (κ3) is 3.74. The summed E-state index contributed by atoms with van der Waals surface area (Å²) in [5, 5.41) is 9.07. The normalized spacial score (nSPS) is 10.7. The summed E-state index contributed by atoms with van der Waals surface area (Å²) < 4.78 is 6.83. The predicted octanol–water partition coefficient (Wildman–Crippen LogP) is 2.91. The standard InChI is InChI=1S/C20H21N3O3/c1-13-20(14(2)23(3)22-13)21-18(24)12-26-19(25)11-16-9-6-8-15-7-4-5-10-17(15)16/h4-10H,11-12H2,1-3H3,(H,21,24). The van der Waals surface area contributed by atoms with E-state index in [4.69, 9.17) is 4.74 Å². The predicted molar refractivity (Wildman–Crippen MR) is 99.9 cm³/mol. The van der Waals surface area contributed by atoms with Gasteiger partial charge < -0.3 is 10.1 Å². The summed E-state index contributed by atoms with van der Waals surface area (Å²) in [4.78, 5) is 24.2. The lowest BCUT2D eigenvalue weighted by molar-refractivity contribution is -0.146. The molecular weight excluding hydrogens is 330 g/mol. The number of ether oxygens (including phenoxy) is 1. The minimum Gasteiger partial charge on any atom is -0.455 e. The van der Waals surface area contributed by atoms with Gasteiger partial charge in [0, 0.05) is 7.05 Å². The minimum atomic E-state index is -0.434. The molecule has 0 aliphatic carbocycles. The van der Waals surface area contributed by atoms with Crippen LogP contribution in [0.15, 0.2) is 42.5 Å². The molecule has 0 bridgehead atoms. The van der Waals surface area contributed by atoms with Crippen LogP contribution in [-0.2, 0) is 27.8 Å². The average molecular weight is 351 g/mol. The van der Waals surface area contributed by atoms with Gasteiger partial charge in [-0.3, -0.25) is 14.3 Å². The van der Waals surface area contributed by atoms with Crippen LogP contribution in [-0.4, -0.2) is 28.3 Å². The highest BCUT2D eigenvalue weighted by atomic mass is 16.5. The number of hydrogen-bond donors (Lipinski definition) is 1. The molecule has 0 saturated heterocycles. The SMILES string of the molecule is Cc1nn(C)c(C)c1NC(=O)COC(=O)Cc1cccc2ccccc12. The molecule has 0 saturated carbocycles. The van der Waals surface area contributed by atoms with Crippen molar-refractivity contribution < 1.29 is 14.3 Å². The monoisotopic (exact) mass is 351 g/mol. The summed E-state index contributed by atoms with van der Waals surface area (Å²) in [5.41, 5.74) is 3.11. The zero-order valence-electron chi connectivity index (χ0n) is 15.1. The molecule has 0 unspecified atom stereocenters. The Labute approximate surface area is 151 Å². The Balaban J connectivity index is 1.59. The van der Waals surface area contributed by atoms with E-state index in [1.165, 1.54) is 0 Å². The third-order valence-electron chi connectivity index (χ3n) is 4.35. The Morgan fingerprint density at radius 3 is 2.58 bits per heavy atom. The van der Waals surface area contributed by atoms with E-state index in [0.29, 0.717) is 5.69 Å². The molecule has 0 fully saturated rings. The Morgan fingerprint density at radius 2 is 1.85 bits per heavy atom. The number of carbonyl (C=O) groups is 2. The molecule has 6 heteroatoms. The van der Waals surface area contributed by atoms with Crippen LogP contribution in [0.3, 0.4) is 0 Å². The van der Waals surface area contributed by atoms with Gasteiger partial charge in [-0.1, -0.05) is 42.5 Å². The first-order valence-electron chi connectivity index (χ1n) is 8.38. The summed E-state index contributed by atoms with van der Waals surface area (Å²) in [5.74, 6) is -0.813. The fourth-order valence-corrected chi connectivity index (χ4v) is 2.93. The van der Waals surface area contributed by atoms with E-state index >= 15 is 0 Å². The van der Waals surface area contributed by atoms with E-state index in [1.54, 1.807) is 4.68 Å². The zero-order chi connectivity index (χ0) is 18.7. The number of benzene rings is 2. The van der Waals surface area contributed by atoms with Gasteiger partial charge >= 0.3 is 5.97 Å². The van der Waals surface area contributed by atoms with Crippen molar-refractivity contribution in [3.05, 3.63) is 59.4 Å². The zero-order valence-corrected chi connectivity index (χ0v) is 15.1. The van der Waals surface area contributed by atoms with Crippen LogP contribution < -0.4 is 5.32 Å².